The first-order valence-corrected chi connectivity index (χ1v) is 9.63. The first-order chi connectivity index (χ1) is 13.5. The average Bonchev–Trinajstić information content (AvgIpc) is 2.72. The standard InChI is InChI=1S/C22H16BrClO4/c23-17-11-9-15(10-12-17)20(25)14-28-22(26)18-6-2-4-8-21(18)27-13-16-5-1-3-7-19(16)24/h1-12H,13-14H2. The van der Waals surface area contributed by atoms with Crippen LogP contribution >= 0.6 is 27.5 Å². The van der Waals surface area contributed by atoms with Gasteiger partial charge in [-0.3, -0.25) is 4.79 Å². The van der Waals surface area contributed by atoms with Crippen molar-refractivity contribution in [3.05, 3.63) is 99.0 Å². The lowest BCUT2D eigenvalue weighted by atomic mass is 10.1. The molecule has 0 N–H and O–H groups in total. The van der Waals surface area contributed by atoms with E-state index in [0.29, 0.717) is 16.3 Å². The number of ketones is 1. The number of halogens is 2. The minimum Gasteiger partial charge on any atom is -0.488 e. The van der Waals surface area contributed by atoms with Gasteiger partial charge in [0, 0.05) is 20.6 Å². The van der Waals surface area contributed by atoms with E-state index in [1.165, 1.54) is 0 Å². The Bertz CT molecular complexity index is 986. The minimum absolute atomic E-state index is 0.210. The molecule has 0 unspecified atom stereocenters. The second-order valence-corrected chi connectivity index (χ2v) is 7.21. The third-order valence-corrected chi connectivity index (χ3v) is 4.85. The van der Waals surface area contributed by atoms with E-state index in [9.17, 15) is 9.59 Å². The van der Waals surface area contributed by atoms with Crippen molar-refractivity contribution in [3.63, 3.8) is 0 Å². The third-order valence-electron chi connectivity index (χ3n) is 3.95. The molecule has 3 aromatic carbocycles. The van der Waals surface area contributed by atoms with Crippen molar-refractivity contribution in [1.29, 1.82) is 0 Å². The fourth-order valence-electron chi connectivity index (χ4n) is 2.46. The average molecular weight is 460 g/mol. The highest BCUT2D eigenvalue weighted by molar-refractivity contribution is 9.10. The van der Waals surface area contributed by atoms with Crippen LogP contribution in [-0.4, -0.2) is 18.4 Å². The Morgan fingerprint density at radius 1 is 0.893 bits per heavy atom. The first kappa shape index (κ1) is 20.1. The van der Waals surface area contributed by atoms with E-state index in [1.807, 2.05) is 18.2 Å². The Kier molecular flexibility index (Phi) is 6.85. The number of esters is 1. The van der Waals surface area contributed by atoms with Crippen molar-refractivity contribution in [2.24, 2.45) is 0 Å². The van der Waals surface area contributed by atoms with Gasteiger partial charge in [-0.15, -0.1) is 0 Å². The van der Waals surface area contributed by atoms with Gasteiger partial charge in [0.2, 0.25) is 0 Å². The number of hydrogen-bond acceptors (Lipinski definition) is 4. The Morgan fingerprint density at radius 2 is 1.57 bits per heavy atom. The highest BCUT2D eigenvalue weighted by atomic mass is 79.9. The fraction of sp³-hybridized carbons (Fsp3) is 0.0909. The largest absolute Gasteiger partial charge is 0.488 e. The van der Waals surface area contributed by atoms with Crippen molar-refractivity contribution >= 4 is 39.3 Å². The van der Waals surface area contributed by atoms with E-state index in [2.05, 4.69) is 15.9 Å². The molecule has 0 aliphatic carbocycles. The monoisotopic (exact) mass is 458 g/mol. The molecule has 0 saturated heterocycles. The Hall–Kier alpha value is -2.63. The summed E-state index contributed by atoms with van der Waals surface area (Å²) < 4.78 is 11.8. The maximum absolute atomic E-state index is 12.4. The van der Waals surface area contributed by atoms with E-state index < -0.39 is 5.97 Å². The molecule has 3 rings (SSSR count). The summed E-state index contributed by atoms with van der Waals surface area (Å²) in [5.74, 6) is -0.543. The smallest absolute Gasteiger partial charge is 0.342 e. The molecule has 0 aromatic heterocycles. The van der Waals surface area contributed by atoms with Crippen LogP contribution in [0, 0.1) is 0 Å². The van der Waals surface area contributed by atoms with Gasteiger partial charge in [0.25, 0.3) is 0 Å². The zero-order chi connectivity index (χ0) is 19.9. The number of hydrogen-bond donors (Lipinski definition) is 0. The van der Waals surface area contributed by atoms with E-state index in [4.69, 9.17) is 21.1 Å². The molecule has 0 heterocycles. The molecular weight excluding hydrogens is 444 g/mol. The summed E-state index contributed by atoms with van der Waals surface area (Å²) >= 11 is 9.45. The maximum Gasteiger partial charge on any atom is 0.342 e. The highest BCUT2D eigenvalue weighted by Crippen LogP contribution is 2.23. The number of rotatable bonds is 7. The molecule has 0 aliphatic heterocycles. The summed E-state index contributed by atoms with van der Waals surface area (Å²) in [5.41, 5.74) is 1.52. The summed E-state index contributed by atoms with van der Waals surface area (Å²) in [6.45, 7) is -0.138. The Labute approximate surface area is 176 Å². The van der Waals surface area contributed by atoms with Gasteiger partial charge in [-0.2, -0.15) is 0 Å². The van der Waals surface area contributed by atoms with Gasteiger partial charge in [0.05, 0.1) is 0 Å². The Balaban J connectivity index is 1.64. The van der Waals surface area contributed by atoms with Gasteiger partial charge in [-0.05, 0) is 30.3 Å². The van der Waals surface area contributed by atoms with Crippen LogP contribution < -0.4 is 4.74 Å². The number of para-hydroxylation sites is 1. The summed E-state index contributed by atoms with van der Waals surface area (Å²) in [6.07, 6.45) is 0. The van der Waals surface area contributed by atoms with Crippen LogP contribution in [0.1, 0.15) is 26.3 Å². The number of ether oxygens (including phenoxy) is 2. The molecule has 0 saturated carbocycles. The van der Waals surface area contributed by atoms with Gasteiger partial charge >= 0.3 is 5.97 Å². The quantitative estimate of drug-likeness (QED) is 0.335. The molecular formula is C22H16BrClO4. The van der Waals surface area contributed by atoms with Gasteiger partial charge < -0.3 is 9.47 Å². The van der Waals surface area contributed by atoms with Crippen molar-refractivity contribution in [2.45, 2.75) is 6.61 Å². The molecule has 0 aliphatic rings. The van der Waals surface area contributed by atoms with Crippen LogP contribution in [-0.2, 0) is 11.3 Å². The summed E-state index contributed by atoms with van der Waals surface area (Å²) in [6, 6.07) is 20.9. The van der Waals surface area contributed by atoms with Crippen LogP contribution in [0.4, 0.5) is 0 Å². The molecule has 0 fully saturated rings. The highest BCUT2D eigenvalue weighted by Gasteiger charge is 2.16. The molecule has 28 heavy (non-hydrogen) atoms. The molecule has 4 nitrogen and oxygen atoms in total. The molecule has 0 spiro atoms. The van der Waals surface area contributed by atoms with Gasteiger partial charge in [0.1, 0.15) is 17.9 Å². The second kappa shape index (κ2) is 9.53. The normalized spacial score (nSPS) is 10.4. The van der Waals surface area contributed by atoms with Crippen molar-refractivity contribution in [1.82, 2.24) is 0 Å². The molecule has 0 bridgehead atoms. The first-order valence-electron chi connectivity index (χ1n) is 8.45. The van der Waals surface area contributed by atoms with Gasteiger partial charge in [0.15, 0.2) is 12.4 Å². The Morgan fingerprint density at radius 3 is 2.32 bits per heavy atom. The predicted molar refractivity (Wildman–Crippen MR) is 111 cm³/mol. The summed E-state index contributed by atoms with van der Waals surface area (Å²) in [5, 5.41) is 0.586. The van der Waals surface area contributed by atoms with E-state index >= 15 is 0 Å². The molecule has 0 atom stereocenters. The lowest BCUT2D eigenvalue weighted by Crippen LogP contribution is -2.15. The van der Waals surface area contributed by atoms with Crippen LogP contribution in [0.2, 0.25) is 5.02 Å². The van der Waals surface area contributed by atoms with E-state index in [1.54, 1.807) is 54.6 Å². The lowest BCUT2D eigenvalue weighted by molar-refractivity contribution is 0.0470. The van der Waals surface area contributed by atoms with Gasteiger partial charge in [-0.1, -0.05) is 70.0 Å². The molecule has 0 radical (unpaired) electrons. The summed E-state index contributed by atoms with van der Waals surface area (Å²) in [7, 11) is 0. The number of benzene rings is 3. The third kappa shape index (κ3) is 5.21. The van der Waals surface area contributed by atoms with Crippen LogP contribution in [0.15, 0.2) is 77.3 Å². The number of carbonyl (C=O) groups excluding carboxylic acids is 2. The lowest BCUT2D eigenvalue weighted by Gasteiger charge is -2.12. The van der Waals surface area contributed by atoms with E-state index in [-0.39, 0.29) is 24.6 Å². The number of Topliss-reactive ketones (excluding diaryl/α,β-unsaturated/α-hetero) is 1. The van der Waals surface area contributed by atoms with Crippen molar-refractivity contribution < 1.29 is 19.1 Å². The van der Waals surface area contributed by atoms with Crippen LogP contribution in [0.3, 0.4) is 0 Å². The minimum atomic E-state index is -0.625. The predicted octanol–water partition coefficient (Wildman–Crippen LogP) is 5.72. The maximum atomic E-state index is 12.4. The molecule has 0 amide bonds. The van der Waals surface area contributed by atoms with Crippen LogP contribution in [0.5, 0.6) is 5.75 Å². The molecule has 3 aromatic rings. The van der Waals surface area contributed by atoms with E-state index in [0.717, 1.165) is 10.0 Å². The summed E-state index contributed by atoms with van der Waals surface area (Å²) in [4.78, 5) is 24.6. The topological polar surface area (TPSA) is 52.6 Å². The van der Waals surface area contributed by atoms with Crippen molar-refractivity contribution in [2.75, 3.05) is 6.61 Å². The second-order valence-electron chi connectivity index (χ2n) is 5.88. The van der Waals surface area contributed by atoms with Gasteiger partial charge in [-0.25, -0.2) is 4.79 Å². The zero-order valence-corrected chi connectivity index (χ0v) is 17.1. The zero-order valence-electron chi connectivity index (χ0n) is 14.7. The van der Waals surface area contributed by atoms with Crippen LogP contribution in [0.25, 0.3) is 0 Å². The van der Waals surface area contributed by atoms with Crippen molar-refractivity contribution in [3.8, 4) is 5.75 Å². The molecule has 6 heteroatoms. The SMILES string of the molecule is O=C(COC(=O)c1ccccc1OCc1ccccc1Cl)c1ccc(Br)cc1. The fourth-order valence-corrected chi connectivity index (χ4v) is 2.91. The molecule has 142 valence electrons. The number of carbonyl (C=O) groups is 2.